The molecule has 3 aromatic rings. The van der Waals surface area contributed by atoms with Crippen LogP contribution >= 0.6 is 7.60 Å². The number of aromatic hydroxyl groups is 1. The van der Waals surface area contributed by atoms with Gasteiger partial charge in [0, 0.05) is 17.6 Å². The molecule has 0 spiro atoms. The van der Waals surface area contributed by atoms with Crippen molar-refractivity contribution in [2.75, 3.05) is 13.2 Å². The first kappa shape index (κ1) is 27.2. The minimum absolute atomic E-state index is 0.0171. The molecule has 198 valence electrons. The molecule has 0 aromatic heterocycles. The molecule has 1 fully saturated rings. The molecule has 4 rings (SSSR count). The van der Waals surface area contributed by atoms with Gasteiger partial charge in [0.2, 0.25) is 0 Å². The van der Waals surface area contributed by atoms with Gasteiger partial charge in [0.1, 0.15) is 36.6 Å². The summed E-state index contributed by atoms with van der Waals surface area (Å²) >= 11 is 0. The van der Waals surface area contributed by atoms with Crippen LogP contribution in [0.3, 0.4) is 0 Å². The Hall–Kier alpha value is -2.87. The molecule has 0 unspecified atom stereocenters. The lowest BCUT2D eigenvalue weighted by atomic mass is 9.89. The number of rotatable bonds is 12. The summed E-state index contributed by atoms with van der Waals surface area (Å²) in [4.78, 5) is 19.1. The number of aliphatic hydroxyl groups excluding tert-OH is 1. The van der Waals surface area contributed by atoms with E-state index in [1.165, 1.54) is 6.07 Å². The SMILES string of the molecule is O=P(O)(O)c1ccccc1COc1ccc(CC2(NC[C@H](O)COc3ccc(O)cc3)CCCC2)cc1. The first-order chi connectivity index (χ1) is 17.7. The van der Waals surface area contributed by atoms with Gasteiger partial charge >= 0.3 is 7.60 Å². The number of phenolic OH excluding ortho intramolecular Hbond substituents is 1. The molecule has 1 atom stereocenters. The van der Waals surface area contributed by atoms with Crippen LogP contribution in [0.5, 0.6) is 17.2 Å². The molecule has 0 aliphatic heterocycles. The average Bonchev–Trinajstić information content (AvgIpc) is 3.35. The van der Waals surface area contributed by atoms with Crippen LogP contribution in [0.15, 0.2) is 72.8 Å². The van der Waals surface area contributed by atoms with Crippen LogP contribution in [0, 0.1) is 0 Å². The maximum Gasteiger partial charge on any atom is 0.356 e. The van der Waals surface area contributed by atoms with Gasteiger partial charge in [-0.1, -0.05) is 43.2 Å². The van der Waals surface area contributed by atoms with Crippen molar-refractivity contribution in [3.8, 4) is 17.2 Å². The summed E-state index contributed by atoms with van der Waals surface area (Å²) in [7, 11) is -4.37. The molecule has 8 nitrogen and oxygen atoms in total. The van der Waals surface area contributed by atoms with Crippen LogP contribution in [-0.2, 0) is 17.6 Å². The molecule has 3 aromatic carbocycles. The predicted molar refractivity (Wildman–Crippen MR) is 141 cm³/mol. The quantitative estimate of drug-likeness (QED) is 0.226. The minimum atomic E-state index is -4.37. The van der Waals surface area contributed by atoms with E-state index in [4.69, 9.17) is 9.47 Å². The zero-order chi connectivity index (χ0) is 26.3. The van der Waals surface area contributed by atoms with E-state index in [1.807, 2.05) is 24.3 Å². The molecule has 37 heavy (non-hydrogen) atoms. The van der Waals surface area contributed by atoms with E-state index in [2.05, 4.69) is 5.32 Å². The first-order valence-corrected chi connectivity index (χ1v) is 14.0. The van der Waals surface area contributed by atoms with Crippen LogP contribution in [0.1, 0.15) is 36.8 Å². The highest BCUT2D eigenvalue weighted by molar-refractivity contribution is 7.60. The Bertz CT molecular complexity index is 1190. The smallest absolute Gasteiger partial charge is 0.356 e. The van der Waals surface area contributed by atoms with E-state index in [9.17, 15) is 24.6 Å². The molecule has 5 N–H and O–H groups in total. The molecule has 0 saturated heterocycles. The third kappa shape index (κ3) is 7.81. The van der Waals surface area contributed by atoms with E-state index in [0.717, 1.165) is 37.7 Å². The monoisotopic (exact) mass is 527 g/mol. The summed E-state index contributed by atoms with van der Waals surface area (Å²) < 4.78 is 23.1. The van der Waals surface area contributed by atoms with Crippen LogP contribution in [0.2, 0.25) is 0 Å². The van der Waals surface area contributed by atoms with E-state index in [1.54, 1.807) is 42.5 Å². The van der Waals surface area contributed by atoms with Crippen molar-refractivity contribution in [2.24, 2.45) is 0 Å². The molecule has 9 heteroatoms. The third-order valence-electron chi connectivity index (χ3n) is 6.72. The second-order valence-electron chi connectivity index (χ2n) is 9.61. The number of hydrogen-bond donors (Lipinski definition) is 5. The van der Waals surface area contributed by atoms with Crippen molar-refractivity contribution < 1.29 is 34.0 Å². The van der Waals surface area contributed by atoms with Gasteiger partial charge in [-0.25, -0.2) is 0 Å². The summed E-state index contributed by atoms with van der Waals surface area (Å²) in [5.74, 6) is 1.39. The van der Waals surface area contributed by atoms with Crippen LogP contribution in [0.4, 0.5) is 0 Å². The molecule has 1 saturated carbocycles. The predicted octanol–water partition coefficient (Wildman–Crippen LogP) is 3.66. The van der Waals surface area contributed by atoms with Crippen LogP contribution < -0.4 is 20.1 Å². The summed E-state index contributed by atoms with van der Waals surface area (Å²) in [6.45, 7) is 0.638. The van der Waals surface area contributed by atoms with Gasteiger partial charge in [-0.2, -0.15) is 0 Å². The normalized spacial score (nSPS) is 15.9. The summed E-state index contributed by atoms with van der Waals surface area (Å²) in [5, 5.41) is 23.4. The third-order valence-corrected chi connectivity index (χ3v) is 7.78. The van der Waals surface area contributed by atoms with E-state index in [0.29, 0.717) is 23.6 Å². The fourth-order valence-electron chi connectivity index (χ4n) is 4.77. The lowest BCUT2D eigenvalue weighted by Crippen LogP contribution is -2.48. The van der Waals surface area contributed by atoms with Crippen molar-refractivity contribution in [2.45, 2.75) is 50.4 Å². The highest BCUT2D eigenvalue weighted by Crippen LogP contribution is 2.35. The highest BCUT2D eigenvalue weighted by Gasteiger charge is 2.34. The van der Waals surface area contributed by atoms with Crippen LogP contribution in [0.25, 0.3) is 0 Å². The fourth-order valence-corrected chi connectivity index (χ4v) is 5.56. The molecular weight excluding hydrogens is 493 g/mol. The first-order valence-electron chi connectivity index (χ1n) is 12.4. The number of hydrogen-bond acceptors (Lipinski definition) is 6. The highest BCUT2D eigenvalue weighted by atomic mass is 31.2. The second-order valence-corrected chi connectivity index (χ2v) is 11.2. The standard InChI is InChI=1S/C28H34NO7P/c30-23-9-13-26(14-10-23)36-20-24(31)18-29-28(15-3-4-16-28)17-21-7-11-25(12-8-21)35-19-22-5-1-2-6-27(22)37(32,33)34/h1-2,5-14,24,29-31H,3-4,15-20H2,(H2,32,33,34)/t24-/m0/s1. The van der Waals surface area contributed by atoms with Gasteiger partial charge in [0.05, 0.1) is 5.30 Å². The average molecular weight is 528 g/mol. The Labute approximate surface area is 217 Å². The van der Waals surface area contributed by atoms with Crippen molar-refractivity contribution >= 4 is 12.9 Å². The van der Waals surface area contributed by atoms with Crippen molar-refractivity contribution in [1.82, 2.24) is 5.32 Å². The topological polar surface area (TPSA) is 128 Å². The zero-order valence-corrected chi connectivity index (χ0v) is 21.5. The van der Waals surface area contributed by atoms with Gasteiger partial charge in [0.15, 0.2) is 0 Å². The van der Waals surface area contributed by atoms with Gasteiger partial charge in [-0.15, -0.1) is 0 Å². The Morgan fingerprint density at radius 3 is 2.19 bits per heavy atom. The number of aliphatic hydroxyl groups is 1. The minimum Gasteiger partial charge on any atom is -0.508 e. The van der Waals surface area contributed by atoms with Crippen molar-refractivity contribution in [1.29, 1.82) is 0 Å². The largest absolute Gasteiger partial charge is 0.508 e. The molecule has 0 radical (unpaired) electrons. The molecule has 0 bridgehead atoms. The molecular formula is C28H34NO7P. The number of phenols is 1. The molecule has 1 aliphatic rings. The maximum absolute atomic E-state index is 11.7. The molecule has 0 amide bonds. The van der Waals surface area contributed by atoms with E-state index >= 15 is 0 Å². The maximum atomic E-state index is 11.7. The summed E-state index contributed by atoms with van der Waals surface area (Å²) in [5.41, 5.74) is 1.51. The number of nitrogens with one attached hydrogen (secondary N) is 1. The lowest BCUT2D eigenvalue weighted by molar-refractivity contribution is 0.0963. The van der Waals surface area contributed by atoms with Gasteiger partial charge in [-0.05, 0) is 67.3 Å². The number of β-amino-alcohol motifs (C(OH)–C–C–N with tert-alkyl or cyclic N) is 1. The van der Waals surface area contributed by atoms with E-state index < -0.39 is 13.7 Å². The van der Waals surface area contributed by atoms with Crippen molar-refractivity contribution in [3.63, 3.8) is 0 Å². The van der Waals surface area contributed by atoms with Crippen LogP contribution in [-0.4, -0.2) is 44.8 Å². The van der Waals surface area contributed by atoms with E-state index in [-0.39, 0.29) is 29.8 Å². The lowest BCUT2D eigenvalue weighted by Gasteiger charge is -2.32. The molecule has 1 aliphatic carbocycles. The summed E-state index contributed by atoms with van der Waals surface area (Å²) in [6, 6.07) is 20.6. The number of ether oxygens (including phenoxy) is 2. The Morgan fingerprint density at radius 1 is 0.892 bits per heavy atom. The fraction of sp³-hybridized carbons (Fsp3) is 0.357. The van der Waals surface area contributed by atoms with Gasteiger partial charge in [-0.3, -0.25) is 4.57 Å². The van der Waals surface area contributed by atoms with Gasteiger partial charge in [0.25, 0.3) is 0 Å². The Kier molecular flexibility index (Phi) is 8.90. The number of benzene rings is 3. The van der Waals surface area contributed by atoms with Gasteiger partial charge < -0.3 is 34.8 Å². The second kappa shape index (κ2) is 12.1. The summed E-state index contributed by atoms with van der Waals surface area (Å²) in [6.07, 6.45) is 4.46. The Morgan fingerprint density at radius 2 is 1.51 bits per heavy atom. The molecule has 0 heterocycles. The Balaban J connectivity index is 1.30. The zero-order valence-electron chi connectivity index (χ0n) is 20.6. The van der Waals surface area contributed by atoms with Crippen molar-refractivity contribution in [3.05, 3.63) is 83.9 Å².